The van der Waals surface area contributed by atoms with Gasteiger partial charge in [0.25, 0.3) is 0 Å². The summed E-state index contributed by atoms with van der Waals surface area (Å²) in [5, 5.41) is 0. The van der Waals surface area contributed by atoms with Gasteiger partial charge in [0.05, 0.1) is 0 Å². The lowest BCUT2D eigenvalue weighted by Crippen LogP contribution is -2.30. The first-order chi connectivity index (χ1) is 32.5. The van der Waals surface area contributed by atoms with E-state index < -0.39 is 6.10 Å². The maximum atomic E-state index is 12.8. The molecule has 1 atom stereocenters. The summed E-state index contributed by atoms with van der Waals surface area (Å²) in [7, 11) is 0. The van der Waals surface area contributed by atoms with Crippen molar-refractivity contribution >= 4 is 17.9 Å². The molecular formula is C60H112O6. The molecular weight excluding hydrogens is 817 g/mol. The van der Waals surface area contributed by atoms with Crippen molar-refractivity contribution in [1.82, 2.24) is 0 Å². The van der Waals surface area contributed by atoms with Gasteiger partial charge in [0, 0.05) is 19.3 Å². The molecule has 0 unspecified atom stereocenters. The Morgan fingerprint density at radius 2 is 0.500 bits per heavy atom. The first kappa shape index (κ1) is 63.9. The minimum atomic E-state index is -0.771. The molecule has 0 radical (unpaired) electrons. The number of hydrogen-bond donors (Lipinski definition) is 0. The minimum Gasteiger partial charge on any atom is -0.462 e. The highest BCUT2D eigenvalue weighted by Gasteiger charge is 2.19. The van der Waals surface area contributed by atoms with Gasteiger partial charge in [-0.25, -0.2) is 0 Å². The van der Waals surface area contributed by atoms with Gasteiger partial charge in [0.1, 0.15) is 13.2 Å². The number of hydrogen-bond acceptors (Lipinski definition) is 6. The fraction of sp³-hybridized carbons (Fsp3) is 0.883. The van der Waals surface area contributed by atoms with E-state index in [1.807, 2.05) is 0 Å². The fourth-order valence-electron chi connectivity index (χ4n) is 8.73. The first-order valence-corrected chi connectivity index (χ1v) is 29.3. The van der Waals surface area contributed by atoms with Crippen molar-refractivity contribution < 1.29 is 28.6 Å². The van der Waals surface area contributed by atoms with Crippen LogP contribution in [0.25, 0.3) is 0 Å². The lowest BCUT2D eigenvalue weighted by atomic mass is 10.0. The number of rotatable bonds is 54. The van der Waals surface area contributed by atoms with E-state index >= 15 is 0 Å². The number of unbranched alkanes of at least 4 members (excludes halogenated alkanes) is 39. The van der Waals surface area contributed by atoms with E-state index in [2.05, 4.69) is 45.1 Å². The molecule has 0 rings (SSSR count). The molecule has 0 N–H and O–H groups in total. The van der Waals surface area contributed by atoms with Crippen LogP contribution in [0, 0.1) is 0 Å². The number of carbonyl (C=O) groups is 3. The quantitative estimate of drug-likeness (QED) is 0.0262. The van der Waals surface area contributed by atoms with Crippen LogP contribution in [-0.4, -0.2) is 37.2 Å². The molecule has 0 aliphatic rings. The van der Waals surface area contributed by atoms with Crippen LogP contribution in [-0.2, 0) is 28.6 Å². The number of carbonyl (C=O) groups excluding carboxylic acids is 3. The second-order valence-electron chi connectivity index (χ2n) is 19.9. The first-order valence-electron chi connectivity index (χ1n) is 29.3. The summed E-state index contributed by atoms with van der Waals surface area (Å²) >= 11 is 0. The van der Waals surface area contributed by atoms with Gasteiger partial charge in [-0.2, -0.15) is 0 Å². The van der Waals surface area contributed by atoms with Crippen LogP contribution in [0.3, 0.4) is 0 Å². The smallest absolute Gasteiger partial charge is 0.306 e. The lowest BCUT2D eigenvalue weighted by molar-refractivity contribution is -0.167. The zero-order valence-electron chi connectivity index (χ0n) is 44.5. The summed E-state index contributed by atoms with van der Waals surface area (Å²) in [5.41, 5.74) is 0. The van der Waals surface area contributed by atoms with Crippen molar-refractivity contribution in [3.8, 4) is 0 Å². The van der Waals surface area contributed by atoms with Crippen LogP contribution < -0.4 is 0 Å². The Bertz CT molecular complexity index is 1070. The zero-order chi connectivity index (χ0) is 47.9. The predicted octanol–water partition coefficient (Wildman–Crippen LogP) is 19.5. The maximum absolute atomic E-state index is 12.8. The Hall–Kier alpha value is -2.11. The van der Waals surface area contributed by atoms with Gasteiger partial charge in [0.15, 0.2) is 6.10 Å². The normalized spacial score (nSPS) is 12.1. The second-order valence-corrected chi connectivity index (χ2v) is 19.9. The zero-order valence-corrected chi connectivity index (χ0v) is 44.5. The monoisotopic (exact) mass is 929 g/mol. The summed E-state index contributed by atoms with van der Waals surface area (Å²) < 4.78 is 16.9. The summed E-state index contributed by atoms with van der Waals surface area (Å²) in [4.78, 5) is 38.1. The average Bonchev–Trinajstić information content (AvgIpc) is 3.31. The van der Waals surface area contributed by atoms with Crippen molar-refractivity contribution in [2.24, 2.45) is 0 Å². The molecule has 0 aromatic carbocycles. The average molecular weight is 930 g/mol. The molecule has 0 amide bonds. The molecule has 0 aromatic rings. The molecule has 66 heavy (non-hydrogen) atoms. The Morgan fingerprint density at radius 1 is 0.288 bits per heavy atom. The van der Waals surface area contributed by atoms with Crippen molar-refractivity contribution in [2.45, 2.75) is 329 Å². The van der Waals surface area contributed by atoms with Crippen molar-refractivity contribution in [3.05, 3.63) is 24.3 Å². The van der Waals surface area contributed by atoms with Gasteiger partial charge in [-0.05, 0) is 70.6 Å². The van der Waals surface area contributed by atoms with Gasteiger partial charge in [-0.15, -0.1) is 0 Å². The van der Waals surface area contributed by atoms with Crippen LogP contribution in [0.15, 0.2) is 24.3 Å². The molecule has 0 fully saturated rings. The topological polar surface area (TPSA) is 78.9 Å². The van der Waals surface area contributed by atoms with E-state index in [0.717, 1.165) is 64.2 Å². The van der Waals surface area contributed by atoms with E-state index in [4.69, 9.17) is 14.2 Å². The van der Waals surface area contributed by atoms with Crippen molar-refractivity contribution in [3.63, 3.8) is 0 Å². The Balaban J connectivity index is 4.32. The van der Waals surface area contributed by atoms with Gasteiger partial charge in [-0.3, -0.25) is 14.4 Å². The van der Waals surface area contributed by atoms with E-state index in [1.165, 1.54) is 218 Å². The molecule has 0 aromatic heterocycles. The van der Waals surface area contributed by atoms with Crippen molar-refractivity contribution in [2.75, 3.05) is 13.2 Å². The molecule has 6 nitrogen and oxygen atoms in total. The van der Waals surface area contributed by atoms with Gasteiger partial charge >= 0.3 is 17.9 Å². The van der Waals surface area contributed by atoms with Crippen LogP contribution in [0.1, 0.15) is 323 Å². The molecule has 0 aliphatic heterocycles. The minimum absolute atomic E-state index is 0.0705. The highest BCUT2D eigenvalue weighted by molar-refractivity contribution is 5.71. The number of allylic oxidation sites excluding steroid dienone is 4. The van der Waals surface area contributed by atoms with Crippen molar-refractivity contribution in [1.29, 1.82) is 0 Å². The van der Waals surface area contributed by atoms with Crippen LogP contribution in [0.4, 0.5) is 0 Å². The number of ether oxygens (including phenoxy) is 3. The van der Waals surface area contributed by atoms with Crippen LogP contribution in [0.2, 0.25) is 0 Å². The van der Waals surface area contributed by atoms with Crippen LogP contribution in [0.5, 0.6) is 0 Å². The van der Waals surface area contributed by atoms with Gasteiger partial charge < -0.3 is 14.2 Å². The highest BCUT2D eigenvalue weighted by atomic mass is 16.6. The third-order valence-electron chi connectivity index (χ3n) is 13.2. The largest absolute Gasteiger partial charge is 0.462 e. The molecule has 0 saturated heterocycles. The van der Waals surface area contributed by atoms with Gasteiger partial charge in [-0.1, -0.05) is 257 Å². The summed E-state index contributed by atoms with van der Waals surface area (Å²) in [6.07, 6.45) is 64.5. The molecule has 0 heterocycles. The fourth-order valence-corrected chi connectivity index (χ4v) is 8.73. The molecule has 0 bridgehead atoms. The summed E-state index contributed by atoms with van der Waals surface area (Å²) in [5.74, 6) is -0.860. The Kier molecular flexibility index (Phi) is 53.7. The van der Waals surface area contributed by atoms with E-state index in [-0.39, 0.29) is 31.1 Å². The second kappa shape index (κ2) is 55.5. The van der Waals surface area contributed by atoms with E-state index in [0.29, 0.717) is 19.3 Å². The molecule has 6 heteroatoms. The van der Waals surface area contributed by atoms with E-state index in [9.17, 15) is 14.4 Å². The molecule has 0 saturated carbocycles. The molecule has 0 spiro atoms. The van der Waals surface area contributed by atoms with E-state index in [1.54, 1.807) is 0 Å². The highest BCUT2D eigenvalue weighted by Crippen LogP contribution is 2.17. The summed E-state index contributed by atoms with van der Waals surface area (Å²) in [6.45, 7) is 6.67. The lowest BCUT2D eigenvalue weighted by Gasteiger charge is -2.18. The number of esters is 3. The van der Waals surface area contributed by atoms with Gasteiger partial charge in [0.2, 0.25) is 0 Å². The van der Waals surface area contributed by atoms with Crippen LogP contribution >= 0.6 is 0 Å². The third kappa shape index (κ3) is 52.9. The third-order valence-corrected chi connectivity index (χ3v) is 13.2. The molecule has 0 aliphatic carbocycles. The maximum Gasteiger partial charge on any atom is 0.306 e. The standard InChI is InChI=1S/C60H112O6/c1-4-7-10-13-16-19-22-25-28-29-30-31-33-35-38-41-44-47-50-53-59(62)65-56-57(55-64-58(61)52-49-46-43-40-37-34-27-24-21-18-15-12-9-6-3)66-60(63)54-51-48-45-42-39-36-32-26-23-20-17-14-11-8-5-2/h24-25,27-28,57H,4-23,26,29-56H2,1-3H3/b27-24+,28-25+/t57-/m1/s1. The Labute approximate surface area is 411 Å². The molecule has 388 valence electrons. The SMILES string of the molecule is CCCCCCC/C=C/CCCCCCCC(=O)OC[C@H](COC(=O)CCCCCCCCCCC/C=C/CCCCCCCC)OC(=O)CCCCCCCCCCCCCCCCC. The predicted molar refractivity (Wildman–Crippen MR) is 284 cm³/mol. The Morgan fingerprint density at radius 3 is 0.758 bits per heavy atom. The summed E-state index contributed by atoms with van der Waals surface area (Å²) in [6, 6.07) is 0.